The molecule has 0 aliphatic carbocycles. The van der Waals surface area contributed by atoms with Crippen molar-refractivity contribution in [2.75, 3.05) is 6.54 Å². The number of thiophene rings is 1. The maximum absolute atomic E-state index is 12.1. The molecule has 2 rings (SSSR count). The van der Waals surface area contributed by atoms with Gasteiger partial charge < -0.3 is 4.90 Å². The van der Waals surface area contributed by atoms with Gasteiger partial charge in [-0.15, -0.1) is 23.1 Å². The van der Waals surface area contributed by atoms with Crippen LogP contribution in [0.3, 0.4) is 0 Å². The van der Waals surface area contributed by atoms with Crippen molar-refractivity contribution in [2.45, 2.75) is 31.4 Å². The summed E-state index contributed by atoms with van der Waals surface area (Å²) in [7, 11) is 0. The number of amides is 1. The number of thioether (sulfide) groups is 1. The Labute approximate surface area is 105 Å². The van der Waals surface area contributed by atoms with E-state index in [0.29, 0.717) is 5.92 Å². The Kier molecular flexibility index (Phi) is 3.60. The van der Waals surface area contributed by atoms with E-state index in [2.05, 4.69) is 31.4 Å². The van der Waals surface area contributed by atoms with Crippen LogP contribution in [0, 0.1) is 5.92 Å². The number of hydrogen-bond donors (Lipinski definition) is 0. The molecular formula is C12H17NOS2. The minimum absolute atomic E-state index is 0.103. The minimum Gasteiger partial charge on any atom is -0.325 e. The fourth-order valence-electron chi connectivity index (χ4n) is 1.91. The van der Waals surface area contributed by atoms with Gasteiger partial charge >= 0.3 is 0 Å². The second kappa shape index (κ2) is 4.80. The van der Waals surface area contributed by atoms with Gasteiger partial charge in [0.05, 0.1) is 5.25 Å². The molecule has 0 spiro atoms. The first-order valence-electron chi connectivity index (χ1n) is 5.59. The highest BCUT2D eigenvalue weighted by Gasteiger charge is 2.38. The number of nitrogens with zero attached hydrogens (tertiary/aromatic N) is 1. The molecule has 1 aliphatic heterocycles. The molecule has 2 atom stereocenters. The van der Waals surface area contributed by atoms with Crippen molar-refractivity contribution in [2.24, 2.45) is 5.92 Å². The van der Waals surface area contributed by atoms with Crippen LogP contribution in [0.1, 0.15) is 31.0 Å². The highest BCUT2D eigenvalue weighted by Crippen LogP contribution is 2.44. The lowest BCUT2D eigenvalue weighted by Gasteiger charge is -2.24. The predicted octanol–water partition coefficient (Wildman–Crippen LogP) is 3.37. The van der Waals surface area contributed by atoms with E-state index in [0.717, 1.165) is 6.54 Å². The molecule has 1 aromatic heterocycles. The standard InChI is InChI=1S/C12H17NOS2/c1-8(2)7-13-11(14)9(3)16-12(13)10-5-4-6-15-10/h4-6,8-9,12H,7H2,1-3H3/t9-,12+/m0/s1. The smallest absolute Gasteiger partial charge is 0.236 e. The molecule has 0 N–H and O–H groups in total. The van der Waals surface area contributed by atoms with E-state index in [9.17, 15) is 4.79 Å². The molecule has 1 aromatic rings. The summed E-state index contributed by atoms with van der Waals surface area (Å²) in [5.74, 6) is 0.814. The van der Waals surface area contributed by atoms with Gasteiger partial charge in [-0.1, -0.05) is 19.9 Å². The van der Waals surface area contributed by atoms with Gasteiger partial charge in [0.1, 0.15) is 5.37 Å². The van der Waals surface area contributed by atoms with Crippen molar-refractivity contribution in [3.63, 3.8) is 0 Å². The van der Waals surface area contributed by atoms with Crippen LogP contribution in [0.4, 0.5) is 0 Å². The van der Waals surface area contributed by atoms with Gasteiger partial charge in [0.15, 0.2) is 0 Å². The second-order valence-electron chi connectivity index (χ2n) is 4.53. The van der Waals surface area contributed by atoms with Gasteiger partial charge in [0.25, 0.3) is 0 Å². The number of carbonyl (C=O) groups excluding carboxylic acids is 1. The molecule has 0 bridgehead atoms. The van der Waals surface area contributed by atoms with Crippen molar-refractivity contribution in [1.29, 1.82) is 0 Å². The van der Waals surface area contributed by atoms with Crippen LogP contribution in [0.5, 0.6) is 0 Å². The molecule has 16 heavy (non-hydrogen) atoms. The molecule has 0 saturated carbocycles. The molecule has 1 fully saturated rings. The summed E-state index contributed by atoms with van der Waals surface area (Å²) in [6.45, 7) is 7.19. The first-order chi connectivity index (χ1) is 7.59. The summed E-state index contributed by atoms with van der Waals surface area (Å²) in [5.41, 5.74) is 0. The molecule has 2 heterocycles. The average Bonchev–Trinajstić information content (AvgIpc) is 2.81. The molecule has 0 radical (unpaired) electrons. The second-order valence-corrected chi connectivity index (χ2v) is 6.94. The first-order valence-corrected chi connectivity index (χ1v) is 7.41. The zero-order chi connectivity index (χ0) is 11.7. The summed E-state index contributed by atoms with van der Waals surface area (Å²) in [4.78, 5) is 15.4. The Morgan fingerprint density at radius 1 is 1.50 bits per heavy atom. The summed E-state index contributed by atoms with van der Waals surface area (Å²) in [6.07, 6.45) is 0. The molecule has 1 aliphatic rings. The zero-order valence-electron chi connectivity index (χ0n) is 9.84. The van der Waals surface area contributed by atoms with Crippen LogP contribution in [0.25, 0.3) is 0 Å². The van der Waals surface area contributed by atoms with E-state index < -0.39 is 0 Å². The summed E-state index contributed by atoms with van der Waals surface area (Å²) in [5, 5.41) is 2.42. The van der Waals surface area contributed by atoms with Gasteiger partial charge in [0, 0.05) is 11.4 Å². The lowest BCUT2D eigenvalue weighted by Crippen LogP contribution is -2.33. The molecule has 0 unspecified atom stereocenters. The lowest BCUT2D eigenvalue weighted by molar-refractivity contribution is -0.130. The summed E-state index contributed by atoms with van der Waals surface area (Å²) >= 11 is 3.51. The first kappa shape index (κ1) is 12.0. The van der Waals surface area contributed by atoms with Crippen molar-refractivity contribution < 1.29 is 4.79 Å². The third-order valence-corrected chi connectivity index (χ3v) is 5.05. The Hall–Kier alpha value is -0.480. The van der Waals surface area contributed by atoms with E-state index in [1.54, 1.807) is 23.1 Å². The van der Waals surface area contributed by atoms with Crippen molar-refractivity contribution in [3.8, 4) is 0 Å². The fourth-order valence-corrected chi connectivity index (χ4v) is 4.14. The maximum Gasteiger partial charge on any atom is 0.236 e. The van der Waals surface area contributed by atoms with Gasteiger partial charge in [-0.3, -0.25) is 4.79 Å². The maximum atomic E-state index is 12.1. The molecule has 88 valence electrons. The van der Waals surface area contributed by atoms with Gasteiger partial charge in [-0.05, 0) is 24.3 Å². The number of carbonyl (C=O) groups is 1. The van der Waals surface area contributed by atoms with E-state index in [1.165, 1.54) is 4.88 Å². The molecular weight excluding hydrogens is 238 g/mol. The minimum atomic E-state index is 0.103. The predicted molar refractivity (Wildman–Crippen MR) is 70.7 cm³/mol. The van der Waals surface area contributed by atoms with E-state index in [1.807, 2.05) is 11.8 Å². The quantitative estimate of drug-likeness (QED) is 0.825. The normalized spacial score (nSPS) is 25.8. The van der Waals surface area contributed by atoms with Crippen LogP contribution in [0.15, 0.2) is 17.5 Å². The molecule has 0 aromatic carbocycles. The third kappa shape index (κ3) is 2.28. The Morgan fingerprint density at radius 3 is 2.81 bits per heavy atom. The van der Waals surface area contributed by atoms with Gasteiger partial charge in [0.2, 0.25) is 5.91 Å². The van der Waals surface area contributed by atoms with Crippen LogP contribution in [-0.2, 0) is 4.79 Å². The number of hydrogen-bond acceptors (Lipinski definition) is 3. The van der Waals surface area contributed by atoms with Gasteiger partial charge in [-0.2, -0.15) is 0 Å². The van der Waals surface area contributed by atoms with Crippen LogP contribution >= 0.6 is 23.1 Å². The van der Waals surface area contributed by atoms with E-state index >= 15 is 0 Å². The molecule has 1 saturated heterocycles. The van der Waals surface area contributed by atoms with Crippen molar-refractivity contribution in [3.05, 3.63) is 22.4 Å². The zero-order valence-corrected chi connectivity index (χ0v) is 11.5. The van der Waals surface area contributed by atoms with Crippen LogP contribution < -0.4 is 0 Å². The third-order valence-electron chi connectivity index (χ3n) is 2.60. The number of rotatable bonds is 3. The molecule has 1 amide bonds. The lowest BCUT2D eigenvalue weighted by atomic mass is 10.2. The largest absolute Gasteiger partial charge is 0.325 e. The Morgan fingerprint density at radius 2 is 2.25 bits per heavy atom. The fraction of sp³-hybridized carbons (Fsp3) is 0.583. The van der Waals surface area contributed by atoms with Crippen LogP contribution in [0.2, 0.25) is 0 Å². The van der Waals surface area contributed by atoms with Crippen molar-refractivity contribution >= 4 is 29.0 Å². The topological polar surface area (TPSA) is 20.3 Å². The monoisotopic (exact) mass is 255 g/mol. The molecule has 4 heteroatoms. The summed E-state index contributed by atoms with van der Waals surface area (Å²) < 4.78 is 0. The molecule has 2 nitrogen and oxygen atoms in total. The SMILES string of the molecule is CC(C)CN1C(=O)[C@H](C)S[C@@H]1c1cccs1. The Bertz CT molecular complexity index is 361. The van der Waals surface area contributed by atoms with Gasteiger partial charge in [-0.25, -0.2) is 0 Å². The average molecular weight is 255 g/mol. The highest BCUT2D eigenvalue weighted by atomic mass is 32.2. The Balaban J connectivity index is 2.20. The summed E-state index contributed by atoms with van der Waals surface area (Å²) in [6, 6.07) is 4.18. The van der Waals surface area contributed by atoms with E-state index in [4.69, 9.17) is 0 Å². The highest BCUT2D eigenvalue weighted by molar-refractivity contribution is 8.01. The van der Waals surface area contributed by atoms with Crippen LogP contribution in [-0.4, -0.2) is 22.6 Å². The van der Waals surface area contributed by atoms with E-state index in [-0.39, 0.29) is 16.5 Å². The van der Waals surface area contributed by atoms with Crippen molar-refractivity contribution in [1.82, 2.24) is 4.90 Å².